The predicted octanol–water partition coefficient (Wildman–Crippen LogP) is 4.59. The lowest BCUT2D eigenvalue weighted by Gasteiger charge is -2.33. The molecule has 4 aromatic rings. The summed E-state index contributed by atoms with van der Waals surface area (Å²) in [5, 5.41) is 19.2. The van der Waals surface area contributed by atoms with Gasteiger partial charge in [0, 0.05) is 54.0 Å². The van der Waals surface area contributed by atoms with E-state index in [2.05, 4.69) is 4.90 Å². The van der Waals surface area contributed by atoms with Gasteiger partial charge in [-0.1, -0.05) is 18.2 Å². The van der Waals surface area contributed by atoms with Crippen molar-refractivity contribution in [2.45, 2.75) is 51.0 Å². The van der Waals surface area contributed by atoms with Crippen molar-refractivity contribution in [2.24, 2.45) is 5.73 Å². The number of pyridine rings is 1. The number of hydrogen-bond donors (Lipinski definition) is 2. The van der Waals surface area contributed by atoms with Crippen molar-refractivity contribution in [3.05, 3.63) is 94.1 Å². The van der Waals surface area contributed by atoms with Crippen molar-refractivity contribution >= 4 is 22.8 Å². The third-order valence-electron chi connectivity index (χ3n) is 8.53. The highest BCUT2D eigenvalue weighted by molar-refractivity contribution is 6.09. The Hall–Kier alpha value is -4.79. The molecular formula is C33H32FN5O5. The van der Waals surface area contributed by atoms with E-state index in [0.29, 0.717) is 47.6 Å². The van der Waals surface area contributed by atoms with Crippen LogP contribution in [0.2, 0.25) is 0 Å². The Morgan fingerprint density at radius 2 is 1.93 bits per heavy atom. The molecule has 0 bridgehead atoms. The second-order valence-electron chi connectivity index (χ2n) is 11.3. The molecule has 2 aromatic heterocycles. The number of aromatic carboxylic acids is 1. The van der Waals surface area contributed by atoms with Gasteiger partial charge in [-0.2, -0.15) is 5.26 Å². The number of fused-ring (bicyclic) bond motifs is 1. The van der Waals surface area contributed by atoms with E-state index in [1.54, 1.807) is 30.3 Å². The maximum Gasteiger partial charge on any atom is 0.335 e. The average molecular weight is 598 g/mol. The normalized spacial score (nSPS) is 17.2. The van der Waals surface area contributed by atoms with Crippen LogP contribution in [-0.4, -0.2) is 57.2 Å². The van der Waals surface area contributed by atoms with Crippen molar-refractivity contribution in [2.75, 3.05) is 19.7 Å². The summed E-state index contributed by atoms with van der Waals surface area (Å²) in [6.07, 6.45) is 2.56. The molecule has 1 amide bonds. The number of aromatic nitrogens is 2. The van der Waals surface area contributed by atoms with Crippen LogP contribution >= 0.6 is 0 Å². The van der Waals surface area contributed by atoms with E-state index in [0.717, 1.165) is 43.7 Å². The molecule has 1 atom stereocenters. The van der Waals surface area contributed by atoms with E-state index in [9.17, 15) is 19.1 Å². The second kappa shape index (κ2) is 12.4. The number of piperidine rings is 1. The molecule has 3 N–H and O–H groups in total. The number of amides is 1. The van der Waals surface area contributed by atoms with E-state index in [1.165, 1.54) is 12.1 Å². The quantitative estimate of drug-likeness (QED) is 0.270. The van der Waals surface area contributed by atoms with Crippen molar-refractivity contribution in [1.82, 2.24) is 14.5 Å². The molecule has 0 unspecified atom stereocenters. The number of nitriles is 1. The minimum absolute atomic E-state index is 0.00160. The van der Waals surface area contributed by atoms with Crippen LogP contribution in [0.5, 0.6) is 5.88 Å². The Kier molecular flexibility index (Phi) is 8.28. The molecule has 10 nitrogen and oxygen atoms in total. The van der Waals surface area contributed by atoms with Gasteiger partial charge in [-0.15, -0.1) is 0 Å². The van der Waals surface area contributed by atoms with Gasteiger partial charge in [0.1, 0.15) is 12.4 Å². The molecule has 0 aliphatic carbocycles. The molecule has 4 heterocycles. The molecule has 0 saturated carbocycles. The van der Waals surface area contributed by atoms with E-state index < -0.39 is 17.7 Å². The summed E-state index contributed by atoms with van der Waals surface area (Å²) in [6, 6.07) is 16.6. The van der Waals surface area contributed by atoms with Gasteiger partial charge in [0.15, 0.2) is 0 Å². The van der Waals surface area contributed by atoms with Gasteiger partial charge in [0.2, 0.25) is 5.88 Å². The number of carbonyl (C=O) groups is 2. The van der Waals surface area contributed by atoms with Crippen molar-refractivity contribution in [3.8, 4) is 11.9 Å². The zero-order valence-corrected chi connectivity index (χ0v) is 24.0. The molecule has 2 aliphatic heterocycles. The molecular weight excluding hydrogens is 565 g/mol. The number of carboxylic acids is 1. The fraction of sp³-hybridized carbons (Fsp3) is 0.333. The summed E-state index contributed by atoms with van der Waals surface area (Å²) in [5.41, 5.74) is 9.41. The van der Waals surface area contributed by atoms with E-state index in [4.69, 9.17) is 25.5 Å². The van der Waals surface area contributed by atoms with Gasteiger partial charge in [0.05, 0.1) is 34.4 Å². The van der Waals surface area contributed by atoms with Crippen LogP contribution in [0.3, 0.4) is 0 Å². The van der Waals surface area contributed by atoms with E-state index in [-0.39, 0.29) is 29.8 Å². The number of rotatable bonds is 10. The Labute approximate surface area is 253 Å². The smallest absolute Gasteiger partial charge is 0.335 e. The third kappa shape index (κ3) is 6.00. The van der Waals surface area contributed by atoms with Gasteiger partial charge in [-0.25, -0.2) is 14.2 Å². The minimum Gasteiger partial charge on any atom is -0.478 e. The lowest BCUT2D eigenvalue weighted by molar-refractivity contribution is -0.0591. The molecule has 226 valence electrons. The number of carboxylic acid groups (broad SMARTS) is 1. The van der Waals surface area contributed by atoms with E-state index >= 15 is 0 Å². The number of hydrogen-bond acceptors (Lipinski definition) is 7. The lowest BCUT2D eigenvalue weighted by atomic mass is 9.93. The summed E-state index contributed by atoms with van der Waals surface area (Å²) in [4.78, 5) is 31.4. The van der Waals surface area contributed by atoms with Crippen LogP contribution in [0, 0.1) is 17.1 Å². The Balaban J connectivity index is 1.16. The summed E-state index contributed by atoms with van der Waals surface area (Å²) in [5.74, 6) is -1.47. The predicted molar refractivity (Wildman–Crippen MR) is 159 cm³/mol. The highest BCUT2D eigenvalue weighted by atomic mass is 19.1. The van der Waals surface area contributed by atoms with Gasteiger partial charge in [-0.3, -0.25) is 9.69 Å². The van der Waals surface area contributed by atoms with Crippen molar-refractivity contribution in [1.29, 1.82) is 5.26 Å². The first-order chi connectivity index (χ1) is 21.3. The molecule has 2 aliphatic rings. The van der Waals surface area contributed by atoms with Crippen molar-refractivity contribution in [3.63, 3.8) is 0 Å². The standard InChI is InChI=1S/C33H32FN5O5/c34-26-14-20(16-35)4-5-23(26)19-44-30-3-1-2-27(37-30)21-8-11-38(12-9-21)18-29-31(32(36)40)25-7-6-22(33(41)42)15-28(25)39(29)17-24-10-13-43-24/h1-7,14-15,21,24H,8-13,17-19H2,(H2,36,40)(H,41,42)/t24-/m0/s1. The van der Waals surface area contributed by atoms with Crippen LogP contribution in [0.4, 0.5) is 4.39 Å². The second-order valence-corrected chi connectivity index (χ2v) is 11.3. The summed E-state index contributed by atoms with van der Waals surface area (Å²) >= 11 is 0. The summed E-state index contributed by atoms with van der Waals surface area (Å²) in [6.45, 7) is 3.20. The van der Waals surface area contributed by atoms with Gasteiger partial charge in [-0.05, 0) is 62.7 Å². The summed E-state index contributed by atoms with van der Waals surface area (Å²) in [7, 11) is 0. The fourth-order valence-corrected chi connectivity index (χ4v) is 6.04. The largest absolute Gasteiger partial charge is 0.478 e. The van der Waals surface area contributed by atoms with Crippen LogP contribution in [-0.2, 0) is 24.4 Å². The number of ether oxygens (including phenoxy) is 2. The molecule has 2 saturated heterocycles. The first-order valence-electron chi connectivity index (χ1n) is 14.6. The molecule has 0 radical (unpaired) electrons. The highest BCUT2D eigenvalue weighted by Gasteiger charge is 2.29. The Bertz CT molecular complexity index is 1770. The molecule has 44 heavy (non-hydrogen) atoms. The average Bonchev–Trinajstić information content (AvgIpc) is 3.30. The zero-order valence-electron chi connectivity index (χ0n) is 24.0. The van der Waals surface area contributed by atoms with Crippen LogP contribution in [0.25, 0.3) is 10.9 Å². The highest BCUT2D eigenvalue weighted by Crippen LogP contribution is 2.33. The topological polar surface area (TPSA) is 144 Å². The minimum atomic E-state index is -1.03. The fourth-order valence-electron chi connectivity index (χ4n) is 6.04. The number of likely N-dealkylation sites (tertiary alicyclic amines) is 1. The number of nitrogens with zero attached hydrogens (tertiary/aromatic N) is 4. The van der Waals surface area contributed by atoms with Gasteiger partial charge >= 0.3 is 5.97 Å². The Morgan fingerprint density at radius 1 is 1.14 bits per heavy atom. The van der Waals surface area contributed by atoms with Crippen molar-refractivity contribution < 1.29 is 28.6 Å². The van der Waals surface area contributed by atoms with Gasteiger partial charge < -0.3 is 24.9 Å². The third-order valence-corrected chi connectivity index (χ3v) is 8.53. The molecule has 2 aromatic carbocycles. The molecule has 0 spiro atoms. The lowest BCUT2D eigenvalue weighted by Crippen LogP contribution is -2.36. The van der Waals surface area contributed by atoms with Crippen LogP contribution in [0.1, 0.15) is 68.4 Å². The van der Waals surface area contributed by atoms with E-state index in [1.807, 2.05) is 22.8 Å². The maximum absolute atomic E-state index is 14.3. The summed E-state index contributed by atoms with van der Waals surface area (Å²) < 4.78 is 27.8. The monoisotopic (exact) mass is 597 g/mol. The number of carbonyl (C=O) groups excluding carboxylic acids is 1. The SMILES string of the molecule is N#Cc1ccc(COc2cccc(C3CCN(Cc4c(C(N)=O)c5ccc(C(=O)O)cc5n4C[C@@H]4CCO4)CC3)n2)c(F)c1. The zero-order chi connectivity index (χ0) is 30.8. The molecule has 2 fully saturated rings. The Morgan fingerprint density at radius 3 is 2.59 bits per heavy atom. The number of nitrogens with two attached hydrogens (primary N) is 1. The van der Waals surface area contributed by atoms with Crippen LogP contribution < -0.4 is 10.5 Å². The first-order valence-corrected chi connectivity index (χ1v) is 14.6. The maximum atomic E-state index is 14.3. The van der Waals surface area contributed by atoms with Gasteiger partial charge in [0.25, 0.3) is 5.91 Å². The number of primary amides is 1. The number of halogens is 1. The first kappa shape index (κ1) is 29.3. The van der Waals surface area contributed by atoms with Crippen LogP contribution in [0.15, 0.2) is 54.6 Å². The molecule has 11 heteroatoms. The molecule has 6 rings (SSSR count). The number of benzene rings is 2.